The minimum Gasteiger partial charge on any atom is -0.206 e. The first-order valence-corrected chi connectivity index (χ1v) is 4.77. The number of benzene rings is 2. The Morgan fingerprint density at radius 1 is 0.941 bits per heavy atom. The molecule has 0 aliphatic heterocycles. The Labute approximate surface area is 95.7 Å². The summed E-state index contributed by atoms with van der Waals surface area (Å²) in [7, 11) is 0. The van der Waals surface area contributed by atoms with Gasteiger partial charge in [-0.2, -0.15) is 5.26 Å². The maximum atomic E-state index is 13.5. The molecule has 2 rings (SSSR count). The maximum absolute atomic E-state index is 13.5. The first-order chi connectivity index (χ1) is 8.13. The third kappa shape index (κ3) is 2.00. The van der Waals surface area contributed by atoms with Crippen molar-refractivity contribution in [1.82, 2.24) is 0 Å². The fraction of sp³-hybridized carbons (Fsp3) is 0. The molecule has 0 heterocycles. The Morgan fingerprint density at radius 2 is 1.71 bits per heavy atom. The van der Waals surface area contributed by atoms with Crippen LogP contribution in [0.3, 0.4) is 0 Å². The first-order valence-electron chi connectivity index (χ1n) is 4.77. The molecule has 0 aliphatic rings. The fourth-order valence-corrected chi connectivity index (χ4v) is 1.51. The van der Waals surface area contributed by atoms with E-state index in [-0.39, 0.29) is 16.7 Å². The van der Waals surface area contributed by atoms with Gasteiger partial charge in [-0.05, 0) is 23.8 Å². The van der Waals surface area contributed by atoms with Crippen LogP contribution in [0.25, 0.3) is 11.1 Å². The highest BCUT2D eigenvalue weighted by molar-refractivity contribution is 5.66. The number of hydrogen-bond acceptors (Lipinski definition) is 1. The monoisotopic (exact) mass is 233 g/mol. The van der Waals surface area contributed by atoms with Crippen molar-refractivity contribution >= 4 is 0 Å². The van der Waals surface area contributed by atoms with Crippen LogP contribution in [0, 0.1) is 28.8 Å². The SMILES string of the molecule is N#Cc1cc(-c2cccc(F)c2F)ccc1F. The zero-order valence-electron chi connectivity index (χ0n) is 8.55. The van der Waals surface area contributed by atoms with Gasteiger partial charge in [0.05, 0.1) is 5.56 Å². The van der Waals surface area contributed by atoms with E-state index < -0.39 is 17.5 Å². The van der Waals surface area contributed by atoms with Gasteiger partial charge in [0.2, 0.25) is 0 Å². The molecule has 4 heteroatoms. The quantitative estimate of drug-likeness (QED) is 0.737. The van der Waals surface area contributed by atoms with E-state index >= 15 is 0 Å². The van der Waals surface area contributed by atoms with E-state index in [4.69, 9.17) is 5.26 Å². The number of halogens is 3. The van der Waals surface area contributed by atoms with Crippen molar-refractivity contribution in [2.24, 2.45) is 0 Å². The van der Waals surface area contributed by atoms with Crippen molar-refractivity contribution in [2.75, 3.05) is 0 Å². The van der Waals surface area contributed by atoms with E-state index in [0.717, 1.165) is 12.1 Å². The lowest BCUT2D eigenvalue weighted by molar-refractivity contribution is 0.511. The predicted octanol–water partition coefficient (Wildman–Crippen LogP) is 3.64. The number of nitrogens with zero attached hydrogens (tertiary/aromatic N) is 1. The van der Waals surface area contributed by atoms with Gasteiger partial charge in [-0.1, -0.05) is 18.2 Å². The summed E-state index contributed by atoms with van der Waals surface area (Å²) < 4.78 is 39.6. The van der Waals surface area contributed by atoms with Crippen LogP contribution in [0.2, 0.25) is 0 Å². The van der Waals surface area contributed by atoms with Crippen molar-refractivity contribution in [1.29, 1.82) is 5.26 Å². The molecule has 0 aromatic heterocycles. The van der Waals surface area contributed by atoms with Crippen LogP contribution in [0.1, 0.15) is 5.56 Å². The molecule has 0 amide bonds. The molecule has 0 N–H and O–H groups in total. The van der Waals surface area contributed by atoms with Gasteiger partial charge in [0.1, 0.15) is 11.9 Å². The van der Waals surface area contributed by atoms with Crippen molar-refractivity contribution in [3.63, 3.8) is 0 Å². The van der Waals surface area contributed by atoms with Gasteiger partial charge in [0, 0.05) is 5.56 Å². The lowest BCUT2D eigenvalue weighted by atomic mass is 10.0. The molecule has 0 saturated heterocycles. The van der Waals surface area contributed by atoms with Crippen molar-refractivity contribution in [3.8, 4) is 17.2 Å². The van der Waals surface area contributed by atoms with Gasteiger partial charge < -0.3 is 0 Å². The molecule has 0 radical (unpaired) electrons. The van der Waals surface area contributed by atoms with Crippen LogP contribution in [-0.4, -0.2) is 0 Å². The predicted molar refractivity (Wildman–Crippen MR) is 56.5 cm³/mol. The summed E-state index contributed by atoms with van der Waals surface area (Å²) in [5.41, 5.74) is 0.0626. The van der Waals surface area contributed by atoms with Gasteiger partial charge in [0.15, 0.2) is 11.6 Å². The van der Waals surface area contributed by atoms with Crippen LogP contribution in [0.5, 0.6) is 0 Å². The van der Waals surface area contributed by atoms with E-state index in [1.54, 1.807) is 6.07 Å². The second-order valence-corrected chi connectivity index (χ2v) is 3.41. The Morgan fingerprint density at radius 3 is 2.41 bits per heavy atom. The zero-order valence-corrected chi connectivity index (χ0v) is 8.55. The van der Waals surface area contributed by atoms with Crippen LogP contribution < -0.4 is 0 Å². The van der Waals surface area contributed by atoms with Crippen molar-refractivity contribution in [3.05, 3.63) is 59.4 Å². The molecule has 84 valence electrons. The van der Waals surface area contributed by atoms with Crippen molar-refractivity contribution in [2.45, 2.75) is 0 Å². The van der Waals surface area contributed by atoms with Gasteiger partial charge in [-0.15, -0.1) is 0 Å². The molecule has 0 fully saturated rings. The Hall–Kier alpha value is -2.28. The van der Waals surface area contributed by atoms with Gasteiger partial charge in [-0.25, -0.2) is 13.2 Å². The van der Waals surface area contributed by atoms with Gasteiger partial charge in [-0.3, -0.25) is 0 Å². The minimum atomic E-state index is -1.01. The van der Waals surface area contributed by atoms with E-state index in [0.29, 0.717) is 0 Å². The zero-order chi connectivity index (χ0) is 12.4. The van der Waals surface area contributed by atoms with E-state index in [9.17, 15) is 13.2 Å². The summed E-state index contributed by atoms with van der Waals surface area (Å²) >= 11 is 0. The molecule has 2 aromatic rings. The Bertz CT molecular complexity index is 615. The summed E-state index contributed by atoms with van der Waals surface area (Å²) in [6.07, 6.45) is 0. The molecule has 0 unspecified atom stereocenters. The molecule has 0 atom stereocenters. The molecular weight excluding hydrogens is 227 g/mol. The molecule has 0 spiro atoms. The molecular formula is C13H6F3N. The Balaban J connectivity index is 2.62. The highest BCUT2D eigenvalue weighted by Gasteiger charge is 2.11. The summed E-state index contributed by atoms with van der Waals surface area (Å²) in [4.78, 5) is 0. The van der Waals surface area contributed by atoms with E-state index in [2.05, 4.69) is 0 Å². The molecule has 1 nitrogen and oxygen atoms in total. The average molecular weight is 233 g/mol. The highest BCUT2D eigenvalue weighted by Crippen LogP contribution is 2.25. The maximum Gasteiger partial charge on any atom is 0.166 e. The van der Waals surface area contributed by atoms with Crippen molar-refractivity contribution < 1.29 is 13.2 Å². The molecule has 17 heavy (non-hydrogen) atoms. The normalized spacial score (nSPS) is 10.0. The number of rotatable bonds is 1. The molecule has 0 aliphatic carbocycles. The van der Waals surface area contributed by atoms with Crippen LogP contribution in [0.4, 0.5) is 13.2 Å². The smallest absolute Gasteiger partial charge is 0.166 e. The average Bonchev–Trinajstić information content (AvgIpc) is 2.34. The third-order valence-corrected chi connectivity index (χ3v) is 2.35. The van der Waals surface area contributed by atoms with Crippen LogP contribution in [0.15, 0.2) is 36.4 Å². The molecule has 0 saturated carbocycles. The standard InChI is InChI=1S/C13H6F3N/c14-11-5-4-8(6-9(11)7-17)10-2-1-3-12(15)13(10)16/h1-6H. The van der Waals surface area contributed by atoms with E-state index in [1.807, 2.05) is 0 Å². The molecule has 2 aromatic carbocycles. The van der Waals surface area contributed by atoms with Crippen LogP contribution >= 0.6 is 0 Å². The third-order valence-electron chi connectivity index (χ3n) is 2.35. The van der Waals surface area contributed by atoms with E-state index in [1.165, 1.54) is 24.3 Å². The minimum absolute atomic E-state index is 0.00139. The lowest BCUT2D eigenvalue weighted by Gasteiger charge is -2.04. The summed E-state index contributed by atoms with van der Waals surface area (Å²) in [6.45, 7) is 0. The van der Waals surface area contributed by atoms with Gasteiger partial charge >= 0.3 is 0 Å². The molecule has 0 bridgehead atoms. The fourth-order valence-electron chi connectivity index (χ4n) is 1.51. The Kier molecular flexibility index (Phi) is 2.84. The summed E-state index contributed by atoms with van der Waals surface area (Å²) in [5.74, 6) is -2.68. The first kappa shape index (κ1) is 11.2. The number of hydrogen-bond donors (Lipinski definition) is 0. The van der Waals surface area contributed by atoms with Crippen LogP contribution in [-0.2, 0) is 0 Å². The topological polar surface area (TPSA) is 23.8 Å². The summed E-state index contributed by atoms with van der Waals surface area (Å²) in [6, 6.07) is 8.90. The summed E-state index contributed by atoms with van der Waals surface area (Å²) in [5, 5.41) is 8.66. The highest BCUT2D eigenvalue weighted by atomic mass is 19.2. The lowest BCUT2D eigenvalue weighted by Crippen LogP contribution is -1.91. The number of nitriles is 1. The second kappa shape index (κ2) is 4.30. The van der Waals surface area contributed by atoms with Gasteiger partial charge in [0.25, 0.3) is 0 Å². The second-order valence-electron chi connectivity index (χ2n) is 3.41. The largest absolute Gasteiger partial charge is 0.206 e.